The van der Waals surface area contributed by atoms with Crippen LogP contribution in [0, 0.1) is 5.92 Å². The largest absolute Gasteiger partial charge is 0.375 e. The van der Waals surface area contributed by atoms with E-state index in [1.165, 1.54) is 5.56 Å². The summed E-state index contributed by atoms with van der Waals surface area (Å²) >= 11 is 0. The first kappa shape index (κ1) is 11.6. The third-order valence-corrected chi connectivity index (χ3v) is 2.91. The minimum absolute atomic E-state index is 0.179. The molecule has 0 unspecified atom stereocenters. The van der Waals surface area contributed by atoms with Gasteiger partial charge in [-0.25, -0.2) is 0 Å². The zero-order valence-corrected chi connectivity index (χ0v) is 9.44. The van der Waals surface area contributed by atoms with E-state index in [0.717, 1.165) is 26.2 Å². The lowest BCUT2D eigenvalue weighted by Gasteiger charge is -2.37. The van der Waals surface area contributed by atoms with Gasteiger partial charge in [-0.3, -0.25) is 4.39 Å². The fourth-order valence-electron chi connectivity index (χ4n) is 1.91. The van der Waals surface area contributed by atoms with Crippen molar-refractivity contribution in [1.82, 2.24) is 4.90 Å². The van der Waals surface area contributed by atoms with E-state index in [1.807, 2.05) is 18.2 Å². The number of hydrogen-bond donors (Lipinski definition) is 0. The topological polar surface area (TPSA) is 12.5 Å². The van der Waals surface area contributed by atoms with Gasteiger partial charge in [0.15, 0.2) is 0 Å². The zero-order valence-electron chi connectivity index (χ0n) is 9.44. The van der Waals surface area contributed by atoms with E-state index in [2.05, 4.69) is 17.0 Å². The summed E-state index contributed by atoms with van der Waals surface area (Å²) in [5.41, 5.74) is 1.20. The summed E-state index contributed by atoms with van der Waals surface area (Å²) in [6.07, 6.45) is 0. The number of ether oxygens (including phenoxy) is 1. The second kappa shape index (κ2) is 5.97. The lowest BCUT2D eigenvalue weighted by Crippen LogP contribution is -2.48. The lowest BCUT2D eigenvalue weighted by molar-refractivity contribution is 0.0342. The van der Waals surface area contributed by atoms with Crippen molar-refractivity contribution in [3.63, 3.8) is 0 Å². The first-order valence-corrected chi connectivity index (χ1v) is 5.78. The third kappa shape index (κ3) is 3.29. The van der Waals surface area contributed by atoms with Crippen molar-refractivity contribution in [2.75, 3.05) is 32.9 Å². The van der Waals surface area contributed by atoms with Crippen LogP contribution in [0.3, 0.4) is 0 Å². The van der Waals surface area contributed by atoms with Crippen LogP contribution in [0.15, 0.2) is 30.3 Å². The van der Waals surface area contributed by atoms with E-state index in [9.17, 15) is 4.39 Å². The molecule has 3 heteroatoms. The molecule has 0 aliphatic carbocycles. The number of rotatable bonds is 6. The molecule has 0 N–H and O–H groups in total. The van der Waals surface area contributed by atoms with Crippen LogP contribution >= 0.6 is 0 Å². The molecule has 0 amide bonds. The predicted molar refractivity (Wildman–Crippen MR) is 62.0 cm³/mol. The molecule has 0 bridgehead atoms. The molecule has 1 heterocycles. The third-order valence-electron chi connectivity index (χ3n) is 2.91. The second-order valence-electron chi connectivity index (χ2n) is 4.32. The highest BCUT2D eigenvalue weighted by atomic mass is 19.1. The van der Waals surface area contributed by atoms with Gasteiger partial charge in [-0.1, -0.05) is 30.3 Å². The first-order valence-electron chi connectivity index (χ1n) is 5.78. The minimum Gasteiger partial charge on any atom is -0.375 e. The predicted octanol–water partition coefficient (Wildman–Crippen LogP) is 2.10. The van der Waals surface area contributed by atoms with Gasteiger partial charge in [0.25, 0.3) is 0 Å². The SMILES string of the molecule is FCC1CN(CCOCc2ccccc2)C1. The summed E-state index contributed by atoms with van der Waals surface area (Å²) in [4.78, 5) is 2.23. The Kier molecular flexibility index (Phi) is 4.31. The summed E-state index contributed by atoms with van der Waals surface area (Å²) in [6, 6.07) is 10.1. The highest BCUT2D eigenvalue weighted by Gasteiger charge is 2.25. The van der Waals surface area contributed by atoms with Gasteiger partial charge in [0.05, 0.1) is 19.9 Å². The molecule has 2 rings (SSSR count). The van der Waals surface area contributed by atoms with Crippen LogP contribution in [0.4, 0.5) is 4.39 Å². The molecule has 0 atom stereocenters. The Morgan fingerprint density at radius 2 is 2.00 bits per heavy atom. The monoisotopic (exact) mass is 223 g/mol. The highest BCUT2D eigenvalue weighted by Crippen LogP contribution is 2.14. The highest BCUT2D eigenvalue weighted by molar-refractivity contribution is 5.13. The molecular weight excluding hydrogens is 205 g/mol. The molecule has 1 aliphatic rings. The van der Waals surface area contributed by atoms with E-state index in [-0.39, 0.29) is 12.6 Å². The zero-order chi connectivity index (χ0) is 11.2. The minimum atomic E-state index is -0.179. The van der Waals surface area contributed by atoms with Crippen LogP contribution in [-0.4, -0.2) is 37.8 Å². The van der Waals surface area contributed by atoms with Crippen LogP contribution in [0.1, 0.15) is 5.56 Å². The Hall–Kier alpha value is -0.930. The molecule has 1 aromatic rings. The van der Waals surface area contributed by atoms with Gasteiger partial charge in [-0.15, -0.1) is 0 Å². The summed E-state index contributed by atoms with van der Waals surface area (Å²) in [6.45, 7) is 3.93. The summed E-state index contributed by atoms with van der Waals surface area (Å²) in [5.74, 6) is 0.272. The molecule has 0 spiro atoms. The lowest BCUT2D eigenvalue weighted by atomic mass is 10.0. The molecular formula is C13H18FNO. The summed E-state index contributed by atoms with van der Waals surface area (Å²) < 4.78 is 17.7. The fourth-order valence-corrected chi connectivity index (χ4v) is 1.91. The van der Waals surface area contributed by atoms with Crippen LogP contribution in [0.25, 0.3) is 0 Å². The Labute approximate surface area is 96.0 Å². The number of hydrogen-bond acceptors (Lipinski definition) is 2. The smallest absolute Gasteiger partial charge is 0.0947 e. The van der Waals surface area contributed by atoms with Crippen LogP contribution < -0.4 is 0 Å². The number of halogens is 1. The average Bonchev–Trinajstić information content (AvgIpc) is 2.28. The second-order valence-corrected chi connectivity index (χ2v) is 4.32. The normalized spacial score (nSPS) is 17.3. The van der Waals surface area contributed by atoms with Crippen molar-refractivity contribution < 1.29 is 9.13 Å². The van der Waals surface area contributed by atoms with Crippen molar-refractivity contribution in [2.24, 2.45) is 5.92 Å². The molecule has 88 valence electrons. The van der Waals surface area contributed by atoms with Crippen molar-refractivity contribution in [3.05, 3.63) is 35.9 Å². The Balaban J connectivity index is 1.53. The van der Waals surface area contributed by atoms with Gasteiger partial charge < -0.3 is 9.64 Å². The molecule has 0 aromatic heterocycles. The van der Waals surface area contributed by atoms with Crippen molar-refractivity contribution in [3.8, 4) is 0 Å². The molecule has 16 heavy (non-hydrogen) atoms. The quantitative estimate of drug-likeness (QED) is 0.685. The molecule has 1 saturated heterocycles. The number of likely N-dealkylation sites (tertiary alicyclic amines) is 1. The van der Waals surface area contributed by atoms with E-state index in [1.54, 1.807) is 0 Å². The number of alkyl halides is 1. The maximum Gasteiger partial charge on any atom is 0.0947 e. The molecule has 0 radical (unpaired) electrons. The Morgan fingerprint density at radius 1 is 1.25 bits per heavy atom. The Morgan fingerprint density at radius 3 is 2.69 bits per heavy atom. The molecule has 2 nitrogen and oxygen atoms in total. The average molecular weight is 223 g/mol. The Bertz CT molecular complexity index is 298. The maximum absolute atomic E-state index is 12.2. The van der Waals surface area contributed by atoms with Crippen molar-refractivity contribution in [1.29, 1.82) is 0 Å². The van der Waals surface area contributed by atoms with Gasteiger partial charge in [0.1, 0.15) is 0 Å². The number of benzene rings is 1. The first-order chi connectivity index (χ1) is 7.88. The van der Waals surface area contributed by atoms with E-state index in [4.69, 9.17) is 4.74 Å². The van der Waals surface area contributed by atoms with E-state index in [0.29, 0.717) is 6.61 Å². The van der Waals surface area contributed by atoms with E-state index >= 15 is 0 Å². The maximum atomic E-state index is 12.2. The summed E-state index contributed by atoms with van der Waals surface area (Å²) in [5, 5.41) is 0. The van der Waals surface area contributed by atoms with Gasteiger partial charge in [-0.2, -0.15) is 0 Å². The molecule has 0 saturated carbocycles. The van der Waals surface area contributed by atoms with Crippen LogP contribution in [0.2, 0.25) is 0 Å². The molecule has 1 aromatic carbocycles. The van der Waals surface area contributed by atoms with E-state index < -0.39 is 0 Å². The van der Waals surface area contributed by atoms with Crippen molar-refractivity contribution in [2.45, 2.75) is 6.61 Å². The standard InChI is InChI=1S/C13H18FNO/c14-8-13-9-15(10-13)6-7-16-11-12-4-2-1-3-5-12/h1-5,13H,6-11H2. The fraction of sp³-hybridized carbons (Fsp3) is 0.538. The molecule has 1 fully saturated rings. The van der Waals surface area contributed by atoms with Gasteiger partial charge in [0, 0.05) is 25.6 Å². The molecule has 1 aliphatic heterocycles. The van der Waals surface area contributed by atoms with Gasteiger partial charge >= 0.3 is 0 Å². The number of nitrogens with zero attached hydrogens (tertiary/aromatic N) is 1. The van der Waals surface area contributed by atoms with Gasteiger partial charge in [0.2, 0.25) is 0 Å². The van der Waals surface area contributed by atoms with Crippen LogP contribution in [0.5, 0.6) is 0 Å². The van der Waals surface area contributed by atoms with Crippen molar-refractivity contribution >= 4 is 0 Å². The van der Waals surface area contributed by atoms with Crippen LogP contribution in [-0.2, 0) is 11.3 Å². The van der Waals surface area contributed by atoms with Gasteiger partial charge in [-0.05, 0) is 5.56 Å². The summed E-state index contributed by atoms with van der Waals surface area (Å²) in [7, 11) is 0.